The molecular formula is C42H40N4O2Pd. The molecule has 7 rings (SSSR count). The molecule has 4 aromatic carbocycles. The number of rotatable bonds is 8. The van der Waals surface area contributed by atoms with Crippen LogP contribution in [0.1, 0.15) is 67.6 Å². The summed E-state index contributed by atoms with van der Waals surface area (Å²) in [5, 5.41) is 7.25. The Kier molecular flexibility index (Phi) is 9.53. The number of fused-ring (bicyclic) bond motifs is 3. The molecule has 0 atom stereocenters. The van der Waals surface area contributed by atoms with E-state index >= 15 is 0 Å². The Bertz CT molecular complexity index is 2290. The van der Waals surface area contributed by atoms with Gasteiger partial charge in [-0.2, -0.15) is 16.7 Å². The van der Waals surface area contributed by atoms with Crippen LogP contribution in [0, 0.1) is 32.9 Å². The van der Waals surface area contributed by atoms with Gasteiger partial charge in [0, 0.05) is 40.5 Å². The second-order valence-corrected chi connectivity index (χ2v) is 13.1. The van der Waals surface area contributed by atoms with E-state index in [2.05, 4.69) is 113 Å². The van der Waals surface area contributed by atoms with Gasteiger partial charge in [-0.15, -0.1) is 35.7 Å². The van der Waals surface area contributed by atoms with Crippen molar-refractivity contribution in [3.8, 4) is 39.9 Å². The Labute approximate surface area is 302 Å². The first kappa shape index (κ1) is 34.2. The first-order valence-corrected chi connectivity index (χ1v) is 16.5. The van der Waals surface area contributed by atoms with Crippen LogP contribution in [0.15, 0.2) is 85.1 Å². The number of hydrogen-bond donors (Lipinski definition) is 0. The second kappa shape index (κ2) is 13.7. The van der Waals surface area contributed by atoms with Crippen molar-refractivity contribution < 1.29 is 29.9 Å². The Morgan fingerprint density at radius 3 is 2.18 bits per heavy atom. The standard InChI is InChI=1S/C42H40N4O2.Pd/c1-25(2)34-13-11-14-35(26(3)4)42(34)41-28(6)44-46(29(41)7)30-20-27(5)21-33(22-30)48-32-16-17-37-36-12-9-10-15-38(36)45(39(37)23-32)40-24-31(47-8)18-19-43-40;/h9-21,24-26H,1-8H3;/q-2;+2. The number of aromatic nitrogens is 4. The number of aryl methyl sites for hydroxylation is 2. The van der Waals surface area contributed by atoms with Crippen LogP contribution >= 0.6 is 0 Å². The maximum Gasteiger partial charge on any atom is 2.00 e. The van der Waals surface area contributed by atoms with E-state index < -0.39 is 0 Å². The van der Waals surface area contributed by atoms with Crippen molar-refractivity contribution in [3.63, 3.8) is 0 Å². The van der Waals surface area contributed by atoms with E-state index in [1.165, 1.54) is 22.3 Å². The summed E-state index contributed by atoms with van der Waals surface area (Å²) in [6, 6.07) is 34.0. The minimum absolute atomic E-state index is 0. The fraction of sp³-hybridized carbons (Fsp3) is 0.238. The quantitative estimate of drug-likeness (QED) is 0.115. The Morgan fingerprint density at radius 1 is 0.735 bits per heavy atom. The summed E-state index contributed by atoms with van der Waals surface area (Å²) in [6.45, 7) is 15.4. The predicted octanol–water partition coefficient (Wildman–Crippen LogP) is 10.6. The predicted molar refractivity (Wildman–Crippen MR) is 194 cm³/mol. The van der Waals surface area contributed by atoms with Crippen molar-refractivity contribution >= 4 is 21.8 Å². The van der Waals surface area contributed by atoms with Crippen LogP contribution in [0.5, 0.6) is 17.2 Å². The Hall–Kier alpha value is -4.70. The van der Waals surface area contributed by atoms with Gasteiger partial charge < -0.3 is 14.0 Å². The fourth-order valence-corrected chi connectivity index (χ4v) is 6.85. The molecule has 3 heterocycles. The van der Waals surface area contributed by atoms with Gasteiger partial charge in [0.1, 0.15) is 11.6 Å². The molecule has 0 amide bonds. The van der Waals surface area contributed by atoms with Gasteiger partial charge in [0.05, 0.1) is 12.8 Å². The van der Waals surface area contributed by atoms with Crippen LogP contribution in [0.25, 0.3) is 44.4 Å². The number of benzene rings is 4. The number of hydrogen-bond acceptors (Lipinski definition) is 4. The molecule has 6 nitrogen and oxygen atoms in total. The van der Waals surface area contributed by atoms with Crippen LogP contribution < -0.4 is 9.47 Å². The first-order chi connectivity index (χ1) is 23.1. The summed E-state index contributed by atoms with van der Waals surface area (Å²) < 4.78 is 16.1. The maximum atomic E-state index is 6.51. The number of methoxy groups -OCH3 is 1. The minimum atomic E-state index is 0. The molecule has 0 unspecified atom stereocenters. The molecule has 0 aliphatic heterocycles. The molecule has 250 valence electrons. The molecular weight excluding hydrogens is 699 g/mol. The molecule has 0 saturated carbocycles. The molecule has 0 fully saturated rings. The number of para-hydroxylation sites is 1. The molecule has 0 N–H and O–H groups in total. The van der Waals surface area contributed by atoms with Crippen LogP contribution in [0.3, 0.4) is 0 Å². The van der Waals surface area contributed by atoms with Crippen LogP contribution in [-0.2, 0) is 20.4 Å². The van der Waals surface area contributed by atoms with E-state index in [9.17, 15) is 0 Å². The number of ether oxygens (including phenoxy) is 2. The third-order valence-corrected chi connectivity index (χ3v) is 9.08. The van der Waals surface area contributed by atoms with E-state index in [-0.39, 0.29) is 20.4 Å². The molecule has 7 aromatic rings. The number of nitrogens with zero attached hydrogens (tertiary/aromatic N) is 4. The van der Waals surface area contributed by atoms with Crippen molar-refractivity contribution in [2.45, 2.75) is 60.3 Å². The summed E-state index contributed by atoms with van der Waals surface area (Å²) in [4.78, 5) is 4.68. The van der Waals surface area contributed by atoms with Gasteiger partial charge in [-0.25, -0.2) is 4.98 Å². The van der Waals surface area contributed by atoms with Gasteiger partial charge in [-0.05, 0) is 65.6 Å². The molecule has 3 aromatic heterocycles. The van der Waals surface area contributed by atoms with Gasteiger partial charge >= 0.3 is 20.4 Å². The molecule has 0 radical (unpaired) electrons. The topological polar surface area (TPSA) is 54.1 Å². The van der Waals surface area contributed by atoms with E-state index in [4.69, 9.17) is 14.6 Å². The van der Waals surface area contributed by atoms with E-state index in [1.807, 2.05) is 41.1 Å². The monoisotopic (exact) mass is 738 g/mol. The molecule has 0 aliphatic rings. The molecule has 0 saturated heterocycles. The van der Waals surface area contributed by atoms with Crippen LogP contribution in [-0.4, -0.2) is 26.4 Å². The smallest absolute Gasteiger partial charge is 0.509 e. The van der Waals surface area contributed by atoms with E-state index in [0.717, 1.165) is 56.0 Å². The SMILES string of the molecule is COc1ccnc(-n2c3[c-]c(Oc4[c-]c(-n5nc(C)c(-c6c(C(C)C)cccc6C(C)C)c5C)cc(C)c4)ccc3c3ccccc32)c1.[Pd+2]. The first-order valence-electron chi connectivity index (χ1n) is 16.5. The van der Waals surface area contributed by atoms with Crippen molar-refractivity contribution in [1.82, 2.24) is 19.3 Å². The van der Waals surface area contributed by atoms with E-state index in [1.54, 1.807) is 13.3 Å². The van der Waals surface area contributed by atoms with Crippen molar-refractivity contribution in [3.05, 3.63) is 125 Å². The maximum absolute atomic E-state index is 6.51. The zero-order valence-electron chi connectivity index (χ0n) is 29.2. The fourth-order valence-electron chi connectivity index (χ4n) is 6.85. The van der Waals surface area contributed by atoms with Crippen molar-refractivity contribution in [1.29, 1.82) is 0 Å². The normalized spacial score (nSPS) is 11.5. The van der Waals surface area contributed by atoms with E-state index in [0.29, 0.717) is 23.3 Å². The second-order valence-electron chi connectivity index (χ2n) is 13.1. The summed E-state index contributed by atoms with van der Waals surface area (Å²) in [5.74, 6) is 3.45. The molecule has 49 heavy (non-hydrogen) atoms. The van der Waals surface area contributed by atoms with Crippen molar-refractivity contribution in [2.75, 3.05) is 7.11 Å². The third-order valence-electron chi connectivity index (χ3n) is 9.08. The minimum Gasteiger partial charge on any atom is -0.509 e. The van der Waals surface area contributed by atoms with Crippen LogP contribution in [0.2, 0.25) is 0 Å². The molecule has 0 aliphatic carbocycles. The molecule has 7 heteroatoms. The zero-order valence-corrected chi connectivity index (χ0v) is 30.7. The summed E-state index contributed by atoms with van der Waals surface area (Å²) in [5.41, 5.74) is 11.1. The number of pyridine rings is 1. The average molecular weight is 739 g/mol. The zero-order chi connectivity index (χ0) is 33.7. The van der Waals surface area contributed by atoms with Gasteiger partial charge in [0.2, 0.25) is 0 Å². The summed E-state index contributed by atoms with van der Waals surface area (Å²) >= 11 is 0. The third kappa shape index (κ3) is 6.18. The Morgan fingerprint density at radius 2 is 1.47 bits per heavy atom. The van der Waals surface area contributed by atoms with Gasteiger partial charge in [-0.1, -0.05) is 76.5 Å². The largest absolute Gasteiger partial charge is 2.00 e. The molecule has 0 bridgehead atoms. The summed E-state index contributed by atoms with van der Waals surface area (Å²) in [7, 11) is 1.66. The summed E-state index contributed by atoms with van der Waals surface area (Å²) in [6.07, 6.45) is 1.76. The van der Waals surface area contributed by atoms with Crippen molar-refractivity contribution in [2.24, 2.45) is 0 Å². The van der Waals surface area contributed by atoms with Gasteiger partial charge in [0.25, 0.3) is 0 Å². The molecule has 0 spiro atoms. The Balaban J connectivity index is 0.00000417. The average Bonchev–Trinajstić information content (AvgIpc) is 3.56. The van der Waals surface area contributed by atoms with Gasteiger partial charge in [0.15, 0.2) is 0 Å². The van der Waals surface area contributed by atoms with Crippen LogP contribution in [0.4, 0.5) is 0 Å². The van der Waals surface area contributed by atoms with Gasteiger partial charge in [-0.3, -0.25) is 4.68 Å².